The van der Waals surface area contributed by atoms with Gasteiger partial charge in [0.15, 0.2) is 0 Å². The second-order valence-corrected chi connectivity index (χ2v) is 5.18. The monoisotopic (exact) mass is 271 g/mol. The first-order valence-electron chi connectivity index (χ1n) is 7.20. The standard InChI is InChI=1S/C18H22FN/c1-3-14-4-6-15(7-5-14)12-17(13-20-2)16-8-10-18(19)11-9-16/h4-11,17,20H,3,12-13H2,1-2H3. The summed E-state index contributed by atoms with van der Waals surface area (Å²) < 4.78 is 13.0. The Morgan fingerprint density at radius 2 is 1.55 bits per heavy atom. The molecule has 0 saturated carbocycles. The highest BCUT2D eigenvalue weighted by atomic mass is 19.1. The number of halogens is 1. The van der Waals surface area contributed by atoms with Crippen molar-refractivity contribution in [3.8, 4) is 0 Å². The first kappa shape index (κ1) is 14.7. The van der Waals surface area contributed by atoms with E-state index in [1.165, 1.54) is 28.8 Å². The largest absolute Gasteiger partial charge is 0.319 e. The maximum absolute atomic E-state index is 13.0. The Kier molecular flexibility index (Phi) is 5.31. The van der Waals surface area contributed by atoms with Crippen LogP contribution < -0.4 is 5.32 Å². The van der Waals surface area contributed by atoms with Crippen molar-refractivity contribution in [1.82, 2.24) is 5.32 Å². The van der Waals surface area contributed by atoms with Gasteiger partial charge in [-0.1, -0.05) is 43.3 Å². The number of rotatable bonds is 6. The Balaban J connectivity index is 2.13. The van der Waals surface area contributed by atoms with E-state index in [0.717, 1.165) is 19.4 Å². The van der Waals surface area contributed by atoms with Gasteiger partial charge in [0.05, 0.1) is 0 Å². The maximum Gasteiger partial charge on any atom is 0.123 e. The molecule has 106 valence electrons. The fraction of sp³-hybridized carbons (Fsp3) is 0.333. The minimum atomic E-state index is -0.177. The fourth-order valence-corrected chi connectivity index (χ4v) is 2.48. The molecule has 0 aliphatic carbocycles. The van der Waals surface area contributed by atoms with E-state index in [-0.39, 0.29) is 5.82 Å². The Morgan fingerprint density at radius 3 is 2.10 bits per heavy atom. The number of benzene rings is 2. The van der Waals surface area contributed by atoms with Gasteiger partial charge in [0.25, 0.3) is 0 Å². The quantitative estimate of drug-likeness (QED) is 0.839. The van der Waals surface area contributed by atoms with Crippen LogP contribution in [0.5, 0.6) is 0 Å². The predicted molar refractivity (Wildman–Crippen MR) is 82.6 cm³/mol. The molecule has 0 fully saturated rings. The molecule has 0 aromatic heterocycles. The molecule has 1 nitrogen and oxygen atoms in total. The Morgan fingerprint density at radius 1 is 0.950 bits per heavy atom. The molecule has 0 saturated heterocycles. The smallest absolute Gasteiger partial charge is 0.123 e. The predicted octanol–water partition coefficient (Wildman–Crippen LogP) is 3.93. The van der Waals surface area contributed by atoms with Crippen LogP contribution in [0.4, 0.5) is 4.39 Å². The molecule has 0 bridgehead atoms. The van der Waals surface area contributed by atoms with Gasteiger partial charge in [0.1, 0.15) is 5.82 Å². The van der Waals surface area contributed by atoms with Gasteiger partial charge in [-0.3, -0.25) is 0 Å². The molecule has 2 aromatic rings. The lowest BCUT2D eigenvalue weighted by molar-refractivity contribution is 0.611. The lowest BCUT2D eigenvalue weighted by Gasteiger charge is -2.17. The van der Waals surface area contributed by atoms with Crippen LogP contribution in [0.2, 0.25) is 0 Å². The van der Waals surface area contributed by atoms with Gasteiger partial charge < -0.3 is 5.32 Å². The molecule has 0 aliphatic rings. The van der Waals surface area contributed by atoms with Gasteiger partial charge in [0.2, 0.25) is 0 Å². The first-order valence-corrected chi connectivity index (χ1v) is 7.20. The molecular weight excluding hydrogens is 249 g/mol. The molecule has 2 heteroatoms. The minimum Gasteiger partial charge on any atom is -0.319 e. The van der Waals surface area contributed by atoms with E-state index in [9.17, 15) is 4.39 Å². The molecule has 0 heterocycles. The van der Waals surface area contributed by atoms with Crippen LogP contribution in [0.1, 0.15) is 29.5 Å². The molecule has 0 amide bonds. The Hall–Kier alpha value is -1.67. The van der Waals surface area contributed by atoms with Crippen LogP contribution in [-0.4, -0.2) is 13.6 Å². The summed E-state index contributed by atoms with van der Waals surface area (Å²) in [5, 5.41) is 3.23. The molecule has 1 unspecified atom stereocenters. The highest BCUT2D eigenvalue weighted by Gasteiger charge is 2.11. The fourth-order valence-electron chi connectivity index (χ4n) is 2.48. The van der Waals surface area contributed by atoms with Crippen LogP contribution in [0.15, 0.2) is 48.5 Å². The first-order chi connectivity index (χ1) is 9.72. The Bertz CT molecular complexity index is 516. The molecule has 1 atom stereocenters. The SMILES string of the molecule is CCc1ccc(CC(CNC)c2ccc(F)cc2)cc1. The summed E-state index contributed by atoms with van der Waals surface area (Å²) in [6.45, 7) is 3.05. The maximum atomic E-state index is 13.0. The van der Waals surface area contributed by atoms with E-state index in [0.29, 0.717) is 5.92 Å². The van der Waals surface area contributed by atoms with Gasteiger partial charge in [-0.2, -0.15) is 0 Å². The number of likely N-dealkylation sites (N-methyl/N-ethyl adjacent to an activating group) is 1. The van der Waals surface area contributed by atoms with Crippen LogP contribution in [0.3, 0.4) is 0 Å². The van der Waals surface area contributed by atoms with Crippen molar-refractivity contribution in [3.05, 3.63) is 71.0 Å². The number of aryl methyl sites for hydroxylation is 1. The van der Waals surface area contributed by atoms with E-state index in [4.69, 9.17) is 0 Å². The number of hydrogen-bond donors (Lipinski definition) is 1. The summed E-state index contributed by atoms with van der Waals surface area (Å²) in [6, 6.07) is 15.6. The zero-order chi connectivity index (χ0) is 14.4. The van der Waals surface area contributed by atoms with Crippen molar-refractivity contribution >= 4 is 0 Å². The van der Waals surface area contributed by atoms with Crippen molar-refractivity contribution < 1.29 is 4.39 Å². The van der Waals surface area contributed by atoms with E-state index >= 15 is 0 Å². The minimum absolute atomic E-state index is 0.177. The molecule has 20 heavy (non-hydrogen) atoms. The normalized spacial score (nSPS) is 12.3. The van der Waals surface area contributed by atoms with Crippen molar-refractivity contribution in [2.75, 3.05) is 13.6 Å². The second-order valence-electron chi connectivity index (χ2n) is 5.18. The Labute approximate surface area is 120 Å². The molecule has 2 rings (SSSR count). The van der Waals surface area contributed by atoms with E-state index in [1.54, 1.807) is 0 Å². The van der Waals surface area contributed by atoms with Crippen LogP contribution >= 0.6 is 0 Å². The molecular formula is C18H22FN. The van der Waals surface area contributed by atoms with Gasteiger partial charge in [-0.15, -0.1) is 0 Å². The molecule has 0 aliphatic heterocycles. The average Bonchev–Trinajstić information content (AvgIpc) is 2.48. The second kappa shape index (κ2) is 7.20. The third-order valence-corrected chi connectivity index (χ3v) is 3.71. The van der Waals surface area contributed by atoms with Crippen molar-refractivity contribution in [2.45, 2.75) is 25.7 Å². The van der Waals surface area contributed by atoms with Crippen molar-refractivity contribution in [1.29, 1.82) is 0 Å². The molecule has 2 aromatic carbocycles. The average molecular weight is 271 g/mol. The van der Waals surface area contributed by atoms with Gasteiger partial charge in [-0.25, -0.2) is 4.39 Å². The molecule has 0 radical (unpaired) electrons. The lowest BCUT2D eigenvalue weighted by atomic mass is 9.91. The third-order valence-electron chi connectivity index (χ3n) is 3.71. The topological polar surface area (TPSA) is 12.0 Å². The summed E-state index contributed by atoms with van der Waals surface area (Å²) in [5.41, 5.74) is 3.87. The summed E-state index contributed by atoms with van der Waals surface area (Å²) in [6.07, 6.45) is 2.04. The van der Waals surface area contributed by atoms with E-state index in [2.05, 4.69) is 36.5 Å². The summed E-state index contributed by atoms with van der Waals surface area (Å²) in [7, 11) is 1.96. The molecule has 1 N–H and O–H groups in total. The summed E-state index contributed by atoms with van der Waals surface area (Å²) in [4.78, 5) is 0. The van der Waals surface area contributed by atoms with Gasteiger partial charge in [0, 0.05) is 12.5 Å². The van der Waals surface area contributed by atoms with Crippen molar-refractivity contribution in [2.24, 2.45) is 0 Å². The van der Waals surface area contributed by atoms with E-state index < -0.39 is 0 Å². The highest BCUT2D eigenvalue weighted by molar-refractivity contribution is 5.27. The zero-order valence-corrected chi connectivity index (χ0v) is 12.2. The summed E-state index contributed by atoms with van der Waals surface area (Å²) in [5.74, 6) is 0.192. The zero-order valence-electron chi connectivity index (χ0n) is 12.2. The number of hydrogen-bond acceptors (Lipinski definition) is 1. The van der Waals surface area contributed by atoms with Crippen molar-refractivity contribution in [3.63, 3.8) is 0 Å². The van der Waals surface area contributed by atoms with Crippen LogP contribution in [0, 0.1) is 5.82 Å². The summed E-state index contributed by atoms with van der Waals surface area (Å²) >= 11 is 0. The van der Waals surface area contributed by atoms with Crippen LogP contribution in [0.25, 0.3) is 0 Å². The highest BCUT2D eigenvalue weighted by Crippen LogP contribution is 2.21. The van der Waals surface area contributed by atoms with Gasteiger partial charge in [-0.05, 0) is 48.7 Å². The lowest BCUT2D eigenvalue weighted by Crippen LogP contribution is -2.19. The number of nitrogens with one attached hydrogen (secondary N) is 1. The molecule has 0 spiro atoms. The van der Waals surface area contributed by atoms with Crippen LogP contribution in [-0.2, 0) is 12.8 Å². The third kappa shape index (κ3) is 3.91. The van der Waals surface area contributed by atoms with E-state index in [1.807, 2.05) is 19.2 Å². The van der Waals surface area contributed by atoms with Gasteiger partial charge >= 0.3 is 0 Å².